The molecule has 0 bridgehead atoms. The molecule has 0 atom stereocenters. The number of imidazole rings is 1. The van der Waals surface area contributed by atoms with Crippen molar-refractivity contribution in [1.82, 2.24) is 20.2 Å². The largest absolute Gasteiger partial charge is 0.454 e. The Morgan fingerprint density at radius 3 is 2.73 bits per heavy atom. The van der Waals surface area contributed by atoms with Gasteiger partial charge in [-0.2, -0.15) is 8.78 Å². The van der Waals surface area contributed by atoms with E-state index in [0.29, 0.717) is 29.6 Å². The zero-order chi connectivity index (χ0) is 22.5. The fourth-order valence-electron chi connectivity index (χ4n) is 3.63. The lowest BCUT2D eigenvalue weighted by Crippen LogP contribution is -2.37. The summed E-state index contributed by atoms with van der Waals surface area (Å²) >= 11 is 0. The number of aliphatic imine (C=N–C) groups is 1. The molecule has 33 heavy (non-hydrogen) atoms. The highest BCUT2D eigenvalue weighted by Crippen LogP contribution is 2.38. The molecule has 0 saturated carbocycles. The molecule has 0 amide bonds. The van der Waals surface area contributed by atoms with Crippen molar-refractivity contribution in [2.24, 2.45) is 4.99 Å². The van der Waals surface area contributed by atoms with E-state index < -0.39 is 6.61 Å². The number of ether oxygens (including phenoxy) is 3. The molecule has 0 unspecified atom stereocenters. The van der Waals surface area contributed by atoms with Gasteiger partial charge in [0.25, 0.3) is 0 Å². The van der Waals surface area contributed by atoms with E-state index in [-0.39, 0.29) is 43.1 Å². The summed E-state index contributed by atoms with van der Waals surface area (Å²) < 4.78 is 43.0. The summed E-state index contributed by atoms with van der Waals surface area (Å²) in [6.07, 6.45) is 0.853. The van der Waals surface area contributed by atoms with Gasteiger partial charge in [0.15, 0.2) is 17.5 Å². The van der Waals surface area contributed by atoms with Crippen LogP contribution in [-0.2, 0) is 13.1 Å². The Labute approximate surface area is 207 Å². The Bertz CT molecular complexity index is 1120. The number of guanidine groups is 1. The minimum absolute atomic E-state index is 0. The number of nitrogens with zero attached hydrogens (tertiary/aromatic N) is 3. The number of alkyl halides is 2. The smallest absolute Gasteiger partial charge is 0.387 e. The molecule has 4 rings (SSSR count). The van der Waals surface area contributed by atoms with Crippen LogP contribution in [0.3, 0.4) is 0 Å². The second-order valence-corrected chi connectivity index (χ2v) is 7.20. The van der Waals surface area contributed by atoms with Gasteiger partial charge < -0.3 is 29.4 Å². The van der Waals surface area contributed by atoms with E-state index in [1.165, 1.54) is 6.07 Å². The number of benzene rings is 2. The number of hydrogen-bond acceptors (Lipinski definition) is 5. The summed E-state index contributed by atoms with van der Waals surface area (Å²) in [6.45, 7) is 0.823. The first-order valence-corrected chi connectivity index (χ1v) is 10.3. The molecule has 0 radical (unpaired) electrons. The number of aromatic nitrogens is 2. The normalized spacial score (nSPS) is 12.7. The molecule has 178 valence electrons. The van der Waals surface area contributed by atoms with Gasteiger partial charge in [0, 0.05) is 38.3 Å². The Morgan fingerprint density at radius 2 is 1.97 bits per heavy atom. The highest BCUT2D eigenvalue weighted by Gasteiger charge is 2.20. The molecule has 0 spiro atoms. The predicted octanol–water partition coefficient (Wildman–Crippen LogP) is 4.05. The number of halogens is 3. The SMILES string of the molecule is CN=C(NCCCn1c(C)nc2ccccc21)NCc1cc2c(cc1OC(F)F)OCO2.I. The van der Waals surface area contributed by atoms with E-state index >= 15 is 0 Å². The van der Waals surface area contributed by atoms with E-state index in [9.17, 15) is 8.78 Å². The summed E-state index contributed by atoms with van der Waals surface area (Å²) in [4.78, 5) is 8.78. The number of aryl methyl sites for hydroxylation is 2. The number of fused-ring (bicyclic) bond motifs is 2. The van der Waals surface area contributed by atoms with Crippen molar-refractivity contribution < 1.29 is 23.0 Å². The Morgan fingerprint density at radius 1 is 1.21 bits per heavy atom. The third kappa shape index (κ3) is 5.95. The lowest BCUT2D eigenvalue weighted by atomic mass is 10.1. The van der Waals surface area contributed by atoms with E-state index in [1.807, 2.05) is 25.1 Å². The van der Waals surface area contributed by atoms with Crippen LogP contribution in [0.1, 0.15) is 17.8 Å². The van der Waals surface area contributed by atoms with Crippen molar-refractivity contribution in [2.45, 2.75) is 33.0 Å². The van der Waals surface area contributed by atoms with Crippen LogP contribution in [0.25, 0.3) is 11.0 Å². The number of para-hydroxylation sites is 2. The second-order valence-electron chi connectivity index (χ2n) is 7.20. The number of rotatable bonds is 8. The Balaban J connectivity index is 0.00000306. The van der Waals surface area contributed by atoms with Crippen LogP contribution in [-0.4, -0.2) is 42.5 Å². The lowest BCUT2D eigenvalue weighted by Gasteiger charge is -2.15. The van der Waals surface area contributed by atoms with Crippen molar-refractivity contribution in [1.29, 1.82) is 0 Å². The van der Waals surface area contributed by atoms with Gasteiger partial charge in [0.1, 0.15) is 11.6 Å². The van der Waals surface area contributed by atoms with Gasteiger partial charge in [-0.3, -0.25) is 4.99 Å². The van der Waals surface area contributed by atoms with Crippen LogP contribution in [0, 0.1) is 6.92 Å². The van der Waals surface area contributed by atoms with Crippen LogP contribution in [0.4, 0.5) is 8.78 Å². The van der Waals surface area contributed by atoms with Gasteiger partial charge in [-0.25, -0.2) is 4.98 Å². The van der Waals surface area contributed by atoms with Gasteiger partial charge in [-0.1, -0.05) is 12.1 Å². The highest BCUT2D eigenvalue weighted by molar-refractivity contribution is 14.0. The lowest BCUT2D eigenvalue weighted by molar-refractivity contribution is -0.0505. The third-order valence-electron chi connectivity index (χ3n) is 5.14. The molecule has 1 aromatic heterocycles. The molecule has 2 aromatic carbocycles. The van der Waals surface area contributed by atoms with Crippen LogP contribution in [0.5, 0.6) is 17.2 Å². The third-order valence-corrected chi connectivity index (χ3v) is 5.14. The molecule has 2 heterocycles. The quantitative estimate of drug-likeness (QED) is 0.183. The molecule has 2 N–H and O–H groups in total. The van der Waals surface area contributed by atoms with E-state index in [1.54, 1.807) is 13.1 Å². The van der Waals surface area contributed by atoms with Gasteiger partial charge in [-0.15, -0.1) is 24.0 Å². The fraction of sp³-hybridized carbons (Fsp3) is 0.364. The maximum Gasteiger partial charge on any atom is 0.387 e. The molecule has 1 aliphatic rings. The molecule has 8 nitrogen and oxygen atoms in total. The van der Waals surface area contributed by atoms with E-state index in [0.717, 1.165) is 29.8 Å². The molecule has 0 saturated heterocycles. The number of nitrogens with one attached hydrogen (secondary N) is 2. The zero-order valence-corrected chi connectivity index (χ0v) is 20.6. The highest BCUT2D eigenvalue weighted by atomic mass is 127. The minimum Gasteiger partial charge on any atom is -0.454 e. The molecular weight excluding hydrogens is 547 g/mol. The van der Waals surface area contributed by atoms with Crippen molar-refractivity contribution in [3.05, 3.63) is 47.8 Å². The molecule has 1 aliphatic heterocycles. The average molecular weight is 573 g/mol. The fourth-order valence-corrected chi connectivity index (χ4v) is 3.63. The average Bonchev–Trinajstić information content (AvgIpc) is 3.35. The summed E-state index contributed by atoms with van der Waals surface area (Å²) in [7, 11) is 1.65. The molecule has 0 aliphatic carbocycles. The maximum atomic E-state index is 12.8. The first-order valence-electron chi connectivity index (χ1n) is 10.3. The van der Waals surface area contributed by atoms with E-state index in [2.05, 4.69) is 36.0 Å². The first-order chi connectivity index (χ1) is 15.5. The molecule has 0 fully saturated rings. The van der Waals surface area contributed by atoms with Crippen molar-refractivity contribution in [3.63, 3.8) is 0 Å². The van der Waals surface area contributed by atoms with Gasteiger partial charge in [0.05, 0.1) is 11.0 Å². The van der Waals surface area contributed by atoms with Gasteiger partial charge in [-0.05, 0) is 31.5 Å². The zero-order valence-electron chi connectivity index (χ0n) is 18.3. The Hall–Kier alpha value is -2.83. The minimum atomic E-state index is -2.94. The summed E-state index contributed by atoms with van der Waals surface area (Å²) in [5.74, 6) is 2.44. The topological polar surface area (TPSA) is 81.9 Å². The molecule has 11 heteroatoms. The van der Waals surface area contributed by atoms with Crippen LogP contribution >= 0.6 is 24.0 Å². The monoisotopic (exact) mass is 573 g/mol. The van der Waals surface area contributed by atoms with Gasteiger partial charge >= 0.3 is 6.61 Å². The van der Waals surface area contributed by atoms with Crippen LogP contribution < -0.4 is 24.8 Å². The summed E-state index contributed by atoms with van der Waals surface area (Å²) in [5, 5.41) is 6.37. The number of hydrogen-bond donors (Lipinski definition) is 2. The van der Waals surface area contributed by atoms with Crippen molar-refractivity contribution in [2.75, 3.05) is 20.4 Å². The summed E-state index contributed by atoms with van der Waals surface area (Å²) in [5.41, 5.74) is 2.61. The Kier molecular flexibility index (Phi) is 8.53. The van der Waals surface area contributed by atoms with Gasteiger partial charge in [0.2, 0.25) is 6.79 Å². The van der Waals surface area contributed by atoms with Crippen LogP contribution in [0.15, 0.2) is 41.4 Å². The maximum absolute atomic E-state index is 12.8. The first kappa shape index (κ1) is 24.8. The standard InChI is InChI=1S/C22H25F2N5O3.HI/c1-14-28-16-6-3-4-7-17(16)29(14)9-5-8-26-22(25-2)27-12-15-10-19-20(31-13-30-19)11-18(15)32-21(23)24;/h3-4,6-7,10-11,21H,5,8-9,12-13H2,1-2H3,(H2,25,26,27);1H. The molecule has 3 aromatic rings. The van der Waals surface area contributed by atoms with Crippen molar-refractivity contribution >= 4 is 41.0 Å². The predicted molar refractivity (Wildman–Crippen MR) is 132 cm³/mol. The van der Waals surface area contributed by atoms with Crippen molar-refractivity contribution in [3.8, 4) is 17.2 Å². The van der Waals surface area contributed by atoms with E-state index in [4.69, 9.17) is 9.47 Å². The summed E-state index contributed by atoms with van der Waals surface area (Å²) in [6, 6.07) is 11.1. The molecular formula is C22H26F2IN5O3. The van der Waals surface area contributed by atoms with Crippen LogP contribution in [0.2, 0.25) is 0 Å². The second kappa shape index (κ2) is 11.3.